The molecule has 0 fully saturated rings. The van der Waals surface area contributed by atoms with E-state index in [0.717, 1.165) is 12.4 Å². The maximum absolute atomic E-state index is 5.46. The lowest BCUT2D eigenvalue weighted by molar-refractivity contribution is 0.189. The van der Waals surface area contributed by atoms with E-state index in [2.05, 4.69) is 20.2 Å². The van der Waals surface area contributed by atoms with Gasteiger partial charge < -0.3 is 24.4 Å². The second-order valence-corrected chi connectivity index (χ2v) is 4.08. The van der Waals surface area contributed by atoms with Crippen LogP contribution in [0.2, 0.25) is 0 Å². The van der Waals surface area contributed by atoms with Gasteiger partial charge in [0, 0.05) is 33.9 Å². The number of aromatic nitrogens is 2. The summed E-state index contributed by atoms with van der Waals surface area (Å²) in [5.74, 6) is 2.08. The standard InChI is InChI=1S/C13H24N4O3/c1-5-14-12-11(20-4)13(16-10-15-12)17(6-8-18-2)7-9-19-3/h10H,5-9H2,1-4H3,(H,14,15,16). The van der Waals surface area contributed by atoms with E-state index in [4.69, 9.17) is 14.2 Å². The zero-order chi connectivity index (χ0) is 14.8. The zero-order valence-corrected chi connectivity index (χ0v) is 12.7. The van der Waals surface area contributed by atoms with Gasteiger partial charge in [0.1, 0.15) is 6.33 Å². The quantitative estimate of drug-likeness (QED) is 0.688. The Kier molecular flexibility index (Phi) is 7.67. The first-order valence-corrected chi connectivity index (χ1v) is 6.64. The minimum absolute atomic E-state index is 0.605. The largest absolute Gasteiger partial charge is 0.490 e. The molecule has 7 nitrogen and oxygen atoms in total. The first-order chi connectivity index (χ1) is 9.78. The highest BCUT2D eigenvalue weighted by atomic mass is 16.5. The molecule has 0 aromatic carbocycles. The molecular weight excluding hydrogens is 260 g/mol. The van der Waals surface area contributed by atoms with Crippen LogP contribution in [0.15, 0.2) is 6.33 Å². The SMILES string of the molecule is CCNc1ncnc(N(CCOC)CCOC)c1OC. The second-order valence-electron chi connectivity index (χ2n) is 4.08. The smallest absolute Gasteiger partial charge is 0.204 e. The molecule has 0 saturated heterocycles. The third kappa shape index (κ3) is 4.50. The maximum atomic E-state index is 5.46. The predicted octanol–water partition coefficient (Wildman–Crippen LogP) is 1.02. The summed E-state index contributed by atoms with van der Waals surface area (Å²) in [5.41, 5.74) is 0. The van der Waals surface area contributed by atoms with Crippen molar-refractivity contribution in [3.63, 3.8) is 0 Å². The van der Waals surface area contributed by atoms with Crippen molar-refractivity contribution >= 4 is 11.6 Å². The Morgan fingerprint density at radius 2 is 1.75 bits per heavy atom. The molecule has 0 aliphatic rings. The van der Waals surface area contributed by atoms with E-state index in [-0.39, 0.29) is 0 Å². The van der Waals surface area contributed by atoms with E-state index < -0.39 is 0 Å². The van der Waals surface area contributed by atoms with Gasteiger partial charge in [-0.25, -0.2) is 9.97 Å². The average Bonchev–Trinajstić information content (AvgIpc) is 2.47. The van der Waals surface area contributed by atoms with Gasteiger partial charge >= 0.3 is 0 Å². The Labute approximate surface area is 120 Å². The molecule has 0 unspecified atom stereocenters. The van der Waals surface area contributed by atoms with Crippen molar-refractivity contribution in [2.75, 3.05) is 64.4 Å². The molecule has 0 aliphatic carbocycles. The van der Waals surface area contributed by atoms with Crippen molar-refractivity contribution in [1.29, 1.82) is 0 Å². The predicted molar refractivity (Wildman–Crippen MR) is 78.7 cm³/mol. The monoisotopic (exact) mass is 284 g/mol. The third-order valence-corrected chi connectivity index (χ3v) is 2.76. The maximum Gasteiger partial charge on any atom is 0.204 e. The minimum atomic E-state index is 0.605. The Morgan fingerprint density at radius 1 is 1.10 bits per heavy atom. The Morgan fingerprint density at radius 3 is 2.25 bits per heavy atom. The summed E-state index contributed by atoms with van der Waals surface area (Å²) >= 11 is 0. The van der Waals surface area contributed by atoms with Gasteiger partial charge in [0.25, 0.3) is 0 Å². The molecule has 0 radical (unpaired) electrons. The van der Waals surface area contributed by atoms with Crippen LogP contribution >= 0.6 is 0 Å². The minimum Gasteiger partial charge on any atom is -0.490 e. The van der Waals surface area contributed by atoms with Crippen LogP contribution in [-0.2, 0) is 9.47 Å². The number of nitrogens with zero attached hydrogens (tertiary/aromatic N) is 3. The summed E-state index contributed by atoms with van der Waals surface area (Å²) in [6.45, 7) is 5.40. The lowest BCUT2D eigenvalue weighted by Crippen LogP contribution is -2.32. The lowest BCUT2D eigenvalue weighted by Gasteiger charge is -2.25. The van der Waals surface area contributed by atoms with Gasteiger partial charge in [0.2, 0.25) is 5.75 Å². The topological polar surface area (TPSA) is 68.7 Å². The van der Waals surface area contributed by atoms with Crippen LogP contribution in [0, 0.1) is 0 Å². The molecule has 1 heterocycles. The fourth-order valence-corrected chi connectivity index (χ4v) is 1.80. The number of methoxy groups -OCH3 is 3. The number of hydrogen-bond donors (Lipinski definition) is 1. The summed E-state index contributed by atoms with van der Waals surface area (Å²) < 4.78 is 15.7. The van der Waals surface area contributed by atoms with Gasteiger partial charge in [-0.3, -0.25) is 0 Å². The average molecular weight is 284 g/mol. The van der Waals surface area contributed by atoms with Crippen LogP contribution in [0.25, 0.3) is 0 Å². The van der Waals surface area contributed by atoms with Gasteiger partial charge in [-0.05, 0) is 6.92 Å². The fraction of sp³-hybridized carbons (Fsp3) is 0.692. The molecule has 0 saturated carbocycles. The van der Waals surface area contributed by atoms with Crippen LogP contribution in [0.3, 0.4) is 0 Å². The van der Waals surface area contributed by atoms with Gasteiger partial charge in [-0.15, -0.1) is 0 Å². The van der Waals surface area contributed by atoms with E-state index in [9.17, 15) is 0 Å². The van der Waals surface area contributed by atoms with Gasteiger partial charge in [0.15, 0.2) is 11.6 Å². The van der Waals surface area contributed by atoms with Crippen molar-refractivity contribution in [1.82, 2.24) is 9.97 Å². The first-order valence-electron chi connectivity index (χ1n) is 6.64. The van der Waals surface area contributed by atoms with Gasteiger partial charge in [-0.1, -0.05) is 0 Å². The molecule has 0 bridgehead atoms. The van der Waals surface area contributed by atoms with E-state index in [1.807, 2.05) is 6.92 Å². The van der Waals surface area contributed by atoms with Crippen LogP contribution < -0.4 is 15.0 Å². The highest BCUT2D eigenvalue weighted by Gasteiger charge is 2.17. The molecule has 0 aliphatic heterocycles. The van der Waals surface area contributed by atoms with Gasteiger partial charge in [0.05, 0.1) is 20.3 Å². The molecule has 1 rings (SSSR count). The van der Waals surface area contributed by atoms with Crippen molar-refractivity contribution in [3.8, 4) is 5.75 Å². The summed E-state index contributed by atoms with van der Waals surface area (Å²) in [6, 6.07) is 0. The van der Waals surface area contributed by atoms with E-state index >= 15 is 0 Å². The molecule has 20 heavy (non-hydrogen) atoms. The molecule has 1 aromatic rings. The molecule has 0 atom stereocenters. The lowest BCUT2D eigenvalue weighted by atomic mass is 10.4. The summed E-state index contributed by atoms with van der Waals surface area (Å²) in [5, 5.41) is 3.17. The molecule has 1 aromatic heterocycles. The highest BCUT2D eigenvalue weighted by Crippen LogP contribution is 2.31. The highest BCUT2D eigenvalue weighted by molar-refractivity contribution is 5.64. The van der Waals surface area contributed by atoms with Crippen LogP contribution in [0.5, 0.6) is 5.75 Å². The molecular formula is C13H24N4O3. The number of rotatable bonds is 10. The Hall–Kier alpha value is -1.60. The summed E-state index contributed by atoms with van der Waals surface area (Å²) in [6.07, 6.45) is 1.53. The van der Waals surface area contributed by atoms with E-state index in [0.29, 0.717) is 37.9 Å². The van der Waals surface area contributed by atoms with Crippen LogP contribution in [0.1, 0.15) is 6.92 Å². The van der Waals surface area contributed by atoms with Gasteiger partial charge in [-0.2, -0.15) is 0 Å². The summed E-state index contributed by atoms with van der Waals surface area (Å²) in [7, 11) is 4.97. The molecule has 1 N–H and O–H groups in total. The van der Waals surface area contributed by atoms with Crippen molar-refractivity contribution < 1.29 is 14.2 Å². The van der Waals surface area contributed by atoms with Crippen LogP contribution in [-0.4, -0.2) is 64.1 Å². The van der Waals surface area contributed by atoms with Crippen molar-refractivity contribution in [2.24, 2.45) is 0 Å². The molecule has 114 valence electrons. The number of ether oxygens (including phenoxy) is 3. The number of nitrogens with one attached hydrogen (secondary N) is 1. The number of hydrogen-bond acceptors (Lipinski definition) is 7. The first kappa shape index (κ1) is 16.5. The third-order valence-electron chi connectivity index (χ3n) is 2.76. The zero-order valence-electron chi connectivity index (χ0n) is 12.7. The van der Waals surface area contributed by atoms with E-state index in [1.54, 1.807) is 21.3 Å². The second kappa shape index (κ2) is 9.33. The van der Waals surface area contributed by atoms with E-state index in [1.165, 1.54) is 6.33 Å². The normalized spacial score (nSPS) is 10.4. The molecule has 0 spiro atoms. The molecule has 7 heteroatoms. The van der Waals surface area contributed by atoms with Crippen LogP contribution in [0.4, 0.5) is 11.6 Å². The van der Waals surface area contributed by atoms with Crippen molar-refractivity contribution in [3.05, 3.63) is 6.33 Å². The molecule has 0 amide bonds. The number of anilines is 2. The fourth-order valence-electron chi connectivity index (χ4n) is 1.80. The Balaban J connectivity index is 3.00. The summed E-state index contributed by atoms with van der Waals surface area (Å²) in [4.78, 5) is 10.6. The van der Waals surface area contributed by atoms with Crippen molar-refractivity contribution in [2.45, 2.75) is 6.92 Å². The Bertz CT molecular complexity index is 382.